The maximum atomic E-state index is 12.9. The van der Waals surface area contributed by atoms with Gasteiger partial charge in [0.15, 0.2) is 5.82 Å². The highest BCUT2D eigenvalue weighted by molar-refractivity contribution is 5.78. The quantitative estimate of drug-likeness (QED) is 0.673. The van der Waals surface area contributed by atoms with E-state index in [2.05, 4.69) is 46.4 Å². The maximum Gasteiger partial charge on any atom is 0.244 e. The number of piperazine rings is 1. The summed E-state index contributed by atoms with van der Waals surface area (Å²) >= 11 is 0. The largest absolute Gasteiger partial charge is 0.368 e. The molecule has 1 saturated heterocycles. The molecule has 1 aliphatic heterocycles. The lowest BCUT2D eigenvalue weighted by atomic mass is 10.1. The van der Waals surface area contributed by atoms with Gasteiger partial charge in [-0.25, -0.2) is 0 Å². The Bertz CT molecular complexity index is 944. The van der Waals surface area contributed by atoms with Crippen molar-refractivity contribution in [2.75, 3.05) is 50.1 Å². The van der Waals surface area contributed by atoms with Crippen molar-refractivity contribution in [3.05, 3.63) is 66.9 Å². The summed E-state index contributed by atoms with van der Waals surface area (Å²) < 4.78 is 1.77. The Labute approximate surface area is 172 Å². The van der Waals surface area contributed by atoms with Crippen LogP contribution in [0.1, 0.15) is 0 Å². The molecule has 29 heavy (non-hydrogen) atoms. The zero-order valence-corrected chi connectivity index (χ0v) is 17.0. The molecular formula is C23H27N5O. The van der Waals surface area contributed by atoms with Crippen LogP contribution in [0.3, 0.4) is 0 Å². The number of carbonyl (C=O) groups is 1. The molecule has 4 rings (SSSR count). The molecule has 3 aromatic rings. The molecule has 0 N–H and O–H groups in total. The molecule has 1 fully saturated rings. The molecule has 0 aliphatic carbocycles. The minimum atomic E-state index is 0.116. The van der Waals surface area contributed by atoms with Gasteiger partial charge in [-0.15, -0.1) is 0 Å². The van der Waals surface area contributed by atoms with Crippen LogP contribution >= 0.6 is 0 Å². The van der Waals surface area contributed by atoms with E-state index in [0.717, 1.165) is 43.1 Å². The molecule has 150 valence electrons. The third-order valence-corrected chi connectivity index (χ3v) is 5.30. The Hall–Kier alpha value is -3.28. The van der Waals surface area contributed by atoms with Crippen molar-refractivity contribution >= 4 is 17.4 Å². The van der Waals surface area contributed by atoms with Gasteiger partial charge in [0.05, 0.1) is 0 Å². The number of aromatic nitrogens is 2. The van der Waals surface area contributed by atoms with Crippen molar-refractivity contribution in [2.45, 2.75) is 6.54 Å². The monoisotopic (exact) mass is 389 g/mol. The number of nitrogens with zero attached hydrogens (tertiary/aromatic N) is 5. The predicted molar refractivity (Wildman–Crippen MR) is 117 cm³/mol. The van der Waals surface area contributed by atoms with Crippen LogP contribution in [0.15, 0.2) is 66.9 Å². The minimum Gasteiger partial charge on any atom is -0.368 e. The maximum absolute atomic E-state index is 12.9. The Kier molecular flexibility index (Phi) is 5.51. The highest BCUT2D eigenvalue weighted by atomic mass is 16.2. The van der Waals surface area contributed by atoms with Gasteiger partial charge in [0.25, 0.3) is 0 Å². The molecule has 0 saturated carbocycles. The van der Waals surface area contributed by atoms with Crippen LogP contribution in [0.5, 0.6) is 0 Å². The first-order valence-corrected chi connectivity index (χ1v) is 10.00. The summed E-state index contributed by atoms with van der Waals surface area (Å²) in [6, 6.07) is 20.5. The lowest BCUT2D eigenvalue weighted by Crippen LogP contribution is -2.49. The molecule has 0 bridgehead atoms. The summed E-state index contributed by atoms with van der Waals surface area (Å²) in [5.74, 6) is 0.989. The topological polar surface area (TPSA) is 44.6 Å². The van der Waals surface area contributed by atoms with Crippen molar-refractivity contribution in [1.29, 1.82) is 0 Å². The van der Waals surface area contributed by atoms with Crippen LogP contribution in [0.2, 0.25) is 0 Å². The molecule has 1 aromatic heterocycles. The lowest BCUT2D eigenvalue weighted by molar-refractivity contribution is -0.132. The van der Waals surface area contributed by atoms with Crippen molar-refractivity contribution in [1.82, 2.24) is 14.7 Å². The fraction of sp³-hybridized carbons (Fsp3) is 0.304. The van der Waals surface area contributed by atoms with Crippen LogP contribution in [0, 0.1) is 0 Å². The van der Waals surface area contributed by atoms with Crippen molar-refractivity contribution in [3.8, 4) is 11.1 Å². The van der Waals surface area contributed by atoms with Gasteiger partial charge in [-0.1, -0.05) is 48.5 Å². The standard InChI is InChI=1S/C23H27N5O/c1-25(2)23-21(19-9-5-3-6-10-19)17-28(24-23)18-22(29)27-15-13-26(14-16-27)20-11-7-4-8-12-20/h3-12,17H,13-16,18H2,1-2H3. The molecule has 6 heteroatoms. The van der Waals surface area contributed by atoms with E-state index in [9.17, 15) is 4.79 Å². The fourth-order valence-electron chi connectivity index (χ4n) is 3.74. The van der Waals surface area contributed by atoms with Gasteiger partial charge >= 0.3 is 0 Å². The van der Waals surface area contributed by atoms with E-state index in [1.54, 1.807) is 4.68 Å². The van der Waals surface area contributed by atoms with Gasteiger partial charge in [-0.3, -0.25) is 9.48 Å². The Balaban J connectivity index is 1.43. The van der Waals surface area contributed by atoms with E-state index < -0.39 is 0 Å². The molecule has 6 nitrogen and oxygen atoms in total. The molecule has 1 aliphatic rings. The van der Waals surface area contributed by atoms with E-state index in [0.29, 0.717) is 0 Å². The van der Waals surface area contributed by atoms with Crippen LogP contribution < -0.4 is 9.80 Å². The molecule has 0 spiro atoms. The summed E-state index contributed by atoms with van der Waals surface area (Å²) in [4.78, 5) is 19.1. The molecule has 0 radical (unpaired) electrons. The Morgan fingerprint density at radius 1 is 0.931 bits per heavy atom. The zero-order chi connectivity index (χ0) is 20.2. The van der Waals surface area contributed by atoms with E-state index in [1.807, 2.05) is 54.4 Å². The van der Waals surface area contributed by atoms with Gasteiger partial charge in [0, 0.05) is 57.7 Å². The summed E-state index contributed by atoms with van der Waals surface area (Å²) in [7, 11) is 3.95. The average Bonchev–Trinajstić information content (AvgIpc) is 3.19. The van der Waals surface area contributed by atoms with E-state index in [4.69, 9.17) is 0 Å². The van der Waals surface area contributed by atoms with Gasteiger partial charge in [0.2, 0.25) is 5.91 Å². The second-order valence-corrected chi connectivity index (χ2v) is 7.53. The summed E-state index contributed by atoms with van der Waals surface area (Å²) in [6.07, 6.45) is 1.97. The molecule has 0 atom stereocenters. The van der Waals surface area contributed by atoms with Crippen LogP contribution in [-0.2, 0) is 11.3 Å². The second-order valence-electron chi connectivity index (χ2n) is 7.53. The third-order valence-electron chi connectivity index (χ3n) is 5.30. The summed E-state index contributed by atoms with van der Waals surface area (Å²) in [5, 5.41) is 4.67. The predicted octanol–water partition coefficient (Wildman–Crippen LogP) is 2.96. The third kappa shape index (κ3) is 4.26. The number of benzene rings is 2. The van der Waals surface area contributed by atoms with E-state index >= 15 is 0 Å². The minimum absolute atomic E-state index is 0.116. The Morgan fingerprint density at radius 2 is 1.55 bits per heavy atom. The zero-order valence-electron chi connectivity index (χ0n) is 17.0. The van der Waals surface area contributed by atoms with E-state index in [1.165, 1.54) is 5.69 Å². The van der Waals surface area contributed by atoms with Gasteiger partial charge < -0.3 is 14.7 Å². The smallest absolute Gasteiger partial charge is 0.244 e. The highest BCUT2D eigenvalue weighted by Gasteiger charge is 2.22. The van der Waals surface area contributed by atoms with Crippen LogP contribution in [-0.4, -0.2) is 60.9 Å². The SMILES string of the molecule is CN(C)c1nn(CC(=O)N2CCN(c3ccccc3)CC2)cc1-c1ccccc1. The normalized spacial score (nSPS) is 14.1. The molecular weight excluding hydrogens is 362 g/mol. The fourth-order valence-corrected chi connectivity index (χ4v) is 3.74. The number of para-hydroxylation sites is 1. The highest BCUT2D eigenvalue weighted by Crippen LogP contribution is 2.28. The second kappa shape index (κ2) is 8.39. The molecule has 1 amide bonds. The first kappa shape index (κ1) is 19.1. The van der Waals surface area contributed by atoms with Crippen molar-refractivity contribution in [3.63, 3.8) is 0 Å². The number of amides is 1. The number of carbonyl (C=O) groups excluding carboxylic acids is 1. The number of hydrogen-bond donors (Lipinski definition) is 0. The van der Waals surface area contributed by atoms with Gasteiger partial charge in [-0.2, -0.15) is 5.10 Å². The molecule has 0 unspecified atom stereocenters. The first-order chi connectivity index (χ1) is 14.1. The van der Waals surface area contributed by atoms with E-state index in [-0.39, 0.29) is 12.5 Å². The van der Waals surface area contributed by atoms with Crippen LogP contribution in [0.25, 0.3) is 11.1 Å². The summed E-state index contributed by atoms with van der Waals surface area (Å²) in [5.41, 5.74) is 3.36. The molecule has 2 aromatic carbocycles. The van der Waals surface area contributed by atoms with Crippen molar-refractivity contribution in [2.24, 2.45) is 0 Å². The number of hydrogen-bond acceptors (Lipinski definition) is 4. The van der Waals surface area contributed by atoms with Crippen molar-refractivity contribution < 1.29 is 4.79 Å². The van der Waals surface area contributed by atoms with Gasteiger partial charge in [0.1, 0.15) is 6.54 Å². The molecule has 2 heterocycles. The first-order valence-electron chi connectivity index (χ1n) is 10.00. The number of rotatable bonds is 5. The summed E-state index contributed by atoms with van der Waals surface area (Å²) in [6.45, 7) is 3.45. The average molecular weight is 390 g/mol. The number of anilines is 2. The van der Waals surface area contributed by atoms with Gasteiger partial charge in [-0.05, 0) is 17.7 Å². The lowest BCUT2D eigenvalue weighted by Gasteiger charge is -2.36. The van der Waals surface area contributed by atoms with Crippen LogP contribution in [0.4, 0.5) is 11.5 Å². The Morgan fingerprint density at radius 3 is 2.17 bits per heavy atom.